The lowest BCUT2D eigenvalue weighted by atomic mass is 11.9. The van der Waals surface area contributed by atoms with Crippen LogP contribution in [0, 0.1) is 0 Å². The molecule has 56 valence electrons. The number of hydrogen-bond donors (Lipinski definition) is 0. The van der Waals surface area contributed by atoms with E-state index >= 15 is 0 Å². The van der Waals surface area contributed by atoms with Crippen molar-refractivity contribution in [2.24, 2.45) is 0 Å². The molecule has 0 radical (unpaired) electrons. The van der Waals surface area contributed by atoms with Crippen LogP contribution >= 0.6 is 33.2 Å². The summed E-state index contributed by atoms with van der Waals surface area (Å²) in [6.45, 7) is 3.89. The summed E-state index contributed by atoms with van der Waals surface area (Å²) in [6.07, 6.45) is 0. The summed E-state index contributed by atoms with van der Waals surface area (Å²) >= 11 is 17.3. The molecule has 0 saturated heterocycles. The molecule has 0 aromatic heterocycles. The van der Waals surface area contributed by atoms with Gasteiger partial charge in [-0.1, -0.05) is 0 Å². The summed E-state index contributed by atoms with van der Waals surface area (Å²) in [5.74, 6) is 0. The van der Waals surface area contributed by atoms with Gasteiger partial charge >= 0.3 is 5.52 Å². The Morgan fingerprint density at radius 2 is 1.56 bits per heavy atom. The molecule has 0 unspecified atom stereocenters. The first kappa shape index (κ1) is 10.5. The van der Waals surface area contributed by atoms with E-state index in [-0.39, 0.29) is 0 Å². The third kappa shape index (κ3) is 2.92. The van der Waals surface area contributed by atoms with Gasteiger partial charge in [0.1, 0.15) is 10.5 Å². The van der Waals surface area contributed by atoms with Gasteiger partial charge in [-0.2, -0.15) is 0 Å². The van der Waals surface area contributed by atoms with Crippen LogP contribution in [0.5, 0.6) is 0 Å². The van der Waals surface area contributed by atoms with E-state index in [0.29, 0.717) is 10.5 Å². The van der Waals surface area contributed by atoms with Gasteiger partial charge in [0, 0.05) is 0 Å². The second kappa shape index (κ2) is 3.25. The van der Waals surface area contributed by atoms with Gasteiger partial charge in [0.05, 0.1) is 0 Å². The zero-order chi connectivity index (χ0) is 7.71. The fraction of sp³-hybridized carbons (Fsp3) is 1.00. The van der Waals surface area contributed by atoms with E-state index in [1.165, 1.54) is 0 Å². The van der Waals surface area contributed by atoms with Crippen molar-refractivity contribution in [3.05, 3.63) is 0 Å². The highest BCUT2D eigenvalue weighted by atomic mass is 35.8. The monoisotopic (exact) mass is 238 g/mol. The standard InChI is InChI=1S/C2H9Cl3OSi3/c1-8(2,6-7)9(3,4)5/h1-2,7H3. The SMILES string of the molecule is C[Si](C)(O[SiH3])[Si](Cl)(Cl)Cl. The van der Waals surface area contributed by atoms with E-state index in [1.807, 2.05) is 13.1 Å². The zero-order valence-electron chi connectivity index (χ0n) is 5.54. The van der Waals surface area contributed by atoms with Crippen molar-refractivity contribution in [1.29, 1.82) is 0 Å². The van der Waals surface area contributed by atoms with E-state index in [4.69, 9.17) is 37.4 Å². The van der Waals surface area contributed by atoms with Gasteiger partial charge in [-0.15, -0.1) is 33.2 Å². The summed E-state index contributed by atoms with van der Waals surface area (Å²) in [5.41, 5.74) is -2.52. The van der Waals surface area contributed by atoms with Gasteiger partial charge in [0.2, 0.25) is 7.83 Å². The molecule has 0 bridgehead atoms. The molecule has 0 amide bonds. The fourth-order valence-corrected chi connectivity index (χ4v) is 9.37. The molecule has 0 spiro atoms. The second-order valence-electron chi connectivity index (χ2n) is 2.21. The molecule has 7 heteroatoms. The second-order valence-corrected chi connectivity index (χ2v) is 23.4. The fourth-order valence-electron chi connectivity index (χ4n) is 0.116. The van der Waals surface area contributed by atoms with Crippen LogP contribution in [0.4, 0.5) is 0 Å². The molecule has 1 nitrogen and oxygen atoms in total. The molecule has 0 aliphatic rings. The Hall–Kier alpha value is 1.48. The van der Waals surface area contributed by atoms with Crippen molar-refractivity contribution in [3.63, 3.8) is 0 Å². The molecule has 0 rings (SSSR count). The van der Waals surface area contributed by atoms with Crippen molar-refractivity contribution in [1.82, 2.24) is 0 Å². The maximum atomic E-state index is 5.75. The van der Waals surface area contributed by atoms with Crippen LogP contribution in [0.1, 0.15) is 0 Å². The average Bonchev–Trinajstić information content (AvgIpc) is 1.64. The van der Waals surface area contributed by atoms with E-state index < -0.39 is 13.4 Å². The molecule has 0 saturated carbocycles. The smallest absolute Gasteiger partial charge is 0.352 e. The number of hydrogen-bond acceptors (Lipinski definition) is 1. The quantitative estimate of drug-likeness (QED) is 0.520. The van der Waals surface area contributed by atoms with Crippen LogP contribution in [-0.2, 0) is 4.12 Å². The van der Waals surface area contributed by atoms with Crippen LogP contribution in [0.25, 0.3) is 0 Å². The number of rotatable bonds is 2. The molecular weight excluding hydrogens is 231 g/mol. The predicted octanol–water partition coefficient (Wildman–Crippen LogP) is 1.22. The van der Waals surface area contributed by atoms with Crippen molar-refractivity contribution in [3.8, 4) is 0 Å². The summed E-state index contributed by atoms with van der Waals surface area (Å²) in [4.78, 5) is 0. The lowest BCUT2D eigenvalue weighted by molar-refractivity contribution is 0.636. The Labute approximate surface area is 74.2 Å². The first-order valence-corrected chi connectivity index (χ1v) is 12.2. The highest BCUT2D eigenvalue weighted by molar-refractivity contribution is 7.88. The van der Waals surface area contributed by atoms with Gasteiger partial charge in [0.25, 0.3) is 0 Å². The van der Waals surface area contributed by atoms with Gasteiger partial charge in [-0.25, -0.2) is 0 Å². The van der Waals surface area contributed by atoms with E-state index in [9.17, 15) is 0 Å². The minimum absolute atomic E-state index is 0.671. The molecule has 0 aliphatic heterocycles. The molecule has 0 fully saturated rings. The summed E-state index contributed by atoms with van der Waals surface area (Å²) in [7, 11) is -1.21. The van der Waals surface area contributed by atoms with Crippen LogP contribution < -0.4 is 0 Å². The van der Waals surface area contributed by atoms with Crippen LogP contribution in [0.3, 0.4) is 0 Å². The summed E-state index contributed by atoms with van der Waals surface area (Å²) in [5, 5.41) is 0. The molecule has 0 heterocycles. The molecule has 0 aliphatic carbocycles. The maximum absolute atomic E-state index is 5.75. The number of halogens is 3. The molecule has 9 heavy (non-hydrogen) atoms. The normalized spacial score (nSPS) is 14.3. The van der Waals surface area contributed by atoms with E-state index in [2.05, 4.69) is 0 Å². The minimum atomic E-state index is -2.52. The molecule has 0 aromatic rings. The Morgan fingerprint density at radius 1 is 1.22 bits per heavy atom. The van der Waals surface area contributed by atoms with E-state index in [1.54, 1.807) is 0 Å². The molecule has 0 aromatic carbocycles. The highest BCUT2D eigenvalue weighted by Crippen LogP contribution is 2.30. The van der Waals surface area contributed by atoms with Crippen molar-refractivity contribution in [2.45, 2.75) is 13.1 Å². The Balaban J connectivity index is 4.14. The van der Waals surface area contributed by atoms with Gasteiger partial charge < -0.3 is 4.12 Å². The third-order valence-corrected chi connectivity index (χ3v) is 24.9. The average molecular weight is 240 g/mol. The van der Waals surface area contributed by atoms with Gasteiger partial charge in [-0.3, -0.25) is 0 Å². The first-order valence-electron chi connectivity index (χ1n) is 2.43. The Kier molecular flexibility index (Phi) is 3.79. The van der Waals surface area contributed by atoms with Crippen LogP contribution in [0.2, 0.25) is 13.1 Å². The predicted molar refractivity (Wildman–Crippen MR) is 51.8 cm³/mol. The minimum Gasteiger partial charge on any atom is -0.463 e. The molecular formula is C2H9Cl3OSi3. The van der Waals surface area contributed by atoms with Crippen LogP contribution in [0.15, 0.2) is 0 Å². The largest absolute Gasteiger partial charge is 0.463 e. The molecule has 0 atom stereocenters. The molecule has 0 N–H and O–H groups in total. The van der Waals surface area contributed by atoms with Crippen molar-refractivity contribution >= 4 is 57.1 Å². The maximum Gasteiger partial charge on any atom is 0.352 e. The topological polar surface area (TPSA) is 9.23 Å². The Bertz CT molecular complexity index is 99.7. The van der Waals surface area contributed by atoms with Crippen molar-refractivity contribution < 1.29 is 4.12 Å². The van der Waals surface area contributed by atoms with Gasteiger partial charge in [0.15, 0.2) is 0 Å². The zero-order valence-corrected chi connectivity index (χ0v) is 11.8. The van der Waals surface area contributed by atoms with Gasteiger partial charge in [-0.05, 0) is 13.1 Å². The Morgan fingerprint density at radius 3 is 1.56 bits per heavy atom. The lowest BCUT2D eigenvalue weighted by Gasteiger charge is -2.25. The highest BCUT2D eigenvalue weighted by Gasteiger charge is 2.47. The summed E-state index contributed by atoms with van der Waals surface area (Å²) in [6, 6.07) is 0. The van der Waals surface area contributed by atoms with Crippen LogP contribution in [-0.4, -0.2) is 23.8 Å². The summed E-state index contributed by atoms with van der Waals surface area (Å²) < 4.78 is 5.25. The lowest BCUT2D eigenvalue weighted by Crippen LogP contribution is -2.49. The third-order valence-electron chi connectivity index (χ3n) is 1.19. The van der Waals surface area contributed by atoms with E-state index in [0.717, 1.165) is 0 Å². The first-order chi connectivity index (χ1) is 3.81. The van der Waals surface area contributed by atoms with Crippen molar-refractivity contribution in [2.75, 3.05) is 0 Å².